The number of hydrogen-bond donors (Lipinski definition) is 0. The smallest absolute Gasteiger partial charge is 0.412 e. The van der Waals surface area contributed by atoms with E-state index >= 15 is 0 Å². The molecule has 118 valence electrons. The van der Waals surface area contributed by atoms with Crippen molar-refractivity contribution in [2.75, 3.05) is 13.2 Å². The second-order valence-corrected chi connectivity index (χ2v) is 5.35. The maximum atomic E-state index is 12.3. The first kappa shape index (κ1) is 17.5. The Morgan fingerprint density at radius 2 is 1.81 bits per heavy atom. The van der Waals surface area contributed by atoms with Crippen LogP contribution in [0.2, 0.25) is 0 Å². The Bertz CT molecular complexity index is 406. The van der Waals surface area contributed by atoms with E-state index in [1.807, 2.05) is 44.2 Å². The number of benzene rings is 1. The quantitative estimate of drug-likeness (QED) is 0.679. The Morgan fingerprint density at radius 1 is 1.14 bits per heavy atom. The Kier molecular flexibility index (Phi) is 7.83. The van der Waals surface area contributed by atoms with Crippen LogP contribution in [0.1, 0.15) is 39.7 Å². The number of nitrogens with zero attached hydrogens (tertiary/aromatic N) is 1. The summed E-state index contributed by atoms with van der Waals surface area (Å²) in [6.45, 7) is 9.44. The highest BCUT2D eigenvalue weighted by Gasteiger charge is 2.26. The average Bonchev–Trinajstić information content (AvgIpc) is 2.45. The summed E-state index contributed by atoms with van der Waals surface area (Å²) < 4.78 is 11.0. The molecular weight excluding hydrogens is 266 g/mol. The zero-order chi connectivity index (χ0) is 15.7. The van der Waals surface area contributed by atoms with E-state index in [0.717, 1.165) is 12.0 Å². The highest BCUT2D eigenvalue weighted by Crippen LogP contribution is 2.17. The molecule has 0 fully saturated rings. The molecule has 0 N–H and O–H groups in total. The largest absolute Gasteiger partial charge is 0.450 e. The van der Waals surface area contributed by atoms with Gasteiger partial charge < -0.3 is 9.47 Å². The minimum absolute atomic E-state index is 0.255. The van der Waals surface area contributed by atoms with Crippen LogP contribution < -0.4 is 0 Å². The zero-order valence-corrected chi connectivity index (χ0v) is 13.5. The number of amides is 1. The molecule has 1 aromatic carbocycles. The van der Waals surface area contributed by atoms with Crippen LogP contribution in [-0.2, 0) is 16.0 Å². The van der Waals surface area contributed by atoms with Crippen molar-refractivity contribution in [3.05, 3.63) is 35.9 Å². The number of rotatable bonds is 8. The van der Waals surface area contributed by atoms with Crippen molar-refractivity contribution >= 4 is 6.09 Å². The zero-order valence-electron chi connectivity index (χ0n) is 13.5. The van der Waals surface area contributed by atoms with E-state index in [0.29, 0.717) is 25.7 Å². The van der Waals surface area contributed by atoms with Crippen LogP contribution in [0.25, 0.3) is 0 Å². The van der Waals surface area contributed by atoms with E-state index in [1.165, 1.54) is 0 Å². The second kappa shape index (κ2) is 9.40. The van der Waals surface area contributed by atoms with Crippen LogP contribution in [0.4, 0.5) is 4.79 Å². The Labute approximate surface area is 128 Å². The summed E-state index contributed by atoms with van der Waals surface area (Å²) in [5, 5.41) is 0. The SMILES string of the molecule is CCOC(=O)N(Cc1ccccc1)C(CC(C)C)OCC. The molecule has 0 saturated heterocycles. The van der Waals surface area contributed by atoms with Crippen LogP contribution in [0, 0.1) is 5.92 Å². The topological polar surface area (TPSA) is 38.8 Å². The van der Waals surface area contributed by atoms with Gasteiger partial charge in [0.25, 0.3) is 0 Å². The molecule has 1 unspecified atom stereocenters. The summed E-state index contributed by atoms with van der Waals surface area (Å²) in [7, 11) is 0. The van der Waals surface area contributed by atoms with E-state index in [-0.39, 0.29) is 12.3 Å². The van der Waals surface area contributed by atoms with Crippen molar-refractivity contribution in [1.82, 2.24) is 4.90 Å². The lowest BCUT2D eigenvalue weighted by molar-refractivity contribution is -0.0622. The monoisotopic (exact) mass is 293 g/mol. The third kappa shape index (κ3) is 6.17. The van der Waals surface area contributed by atoms with Gasteiger partial charge in [-0.3, -0.25) is 4.90 Å². The molecule has 0 bridgehead atoms. The van der Waals surface area contributed by atoms with Gasteiger partial charge in [-0.2, -0.15) is 0 Å². The van der Waals surface area contributed by atoms with Crippen LogP contribution in [0.5, 0.6) is 0 Å². The Hall–Kier alpha value is -1.55. The van der Waals surface area contributed by atoms with Gasteiger partial charge in [-0.1, -0.05) is 44.2 Å². The number of ether oxygens (including phenoxy) is 2. The lowest BCUT2D eigenvalue weighted by Crippen LogP contribution is -2.42. The first-order chi connectivity index (χ1) is 10.1. The summed E-state index contributed by atoms with van der Waals surface area (Å²) in [5.74, 6) is 0.439. The molecule has 0 aliphatic rings. The van der Waals surface area contributed by atoms with Gasteiger partial charge in [0.05, 0.1) is 13.2 Å². The first-order valence-corrected chi connectivity index (χ1v) is 7.67. The molecule has 1 rings (SSSR count). The number of carbonyl (C=O) groups is 1. The van der Waals surface area contributed by atoms with Gasteiger partial charge >= 0.3 is 6.09 Å². The summed E-state index contributed by atoms with van der Waals surface area (Å²) in [6.07, 6.45) is 0.217. The predicted molar refractivity (Wildman–Crippen MR) is 83.9 cm³/mol. The third-order valence-electron chi connectivity index (χ3n) is 3.08. The summed E-state index contributed by atoms with van der Waals surface area (Å²) in [5.41, 5.74) is 1.07. The van der Waals surface area contributed by atoms with Crippen molar-refractivity contribution in [2.24, 2.45) is 5.92 Å². The molecule has 0 heterocycles. The molecule has 0 aromatic heterocycles. The van der Waals surface area contributed by atoms with Gasteiger partial charge in [0.2, 0.25) is 0 Å². The van der Waals surface area contributed by atoms with Gasteiger partial charge in [0.15, 0.2) is 0 Å². The highest BCUT2D eigenvalue weighted by molar-refractivity contribution is 5.67. The van der Waals surface area contributed by atoms with Crippen molar-refractivity contribution in [3.63, 3.8) is 0 Å². The van der Waals surface area contributed by atoms with Crippen LogP contribution in [0.3, 0.4) is 0 Å². The maximum Gasteiger partial charge on any atom is 0.412 e. The van der Waals surface area contributed by atoms with Gasteiger partial charge in [0.1, 0.15) is 6.23 Å². The Balaban J connectivity index is 2.89. The number of hydrogen-bond acceptors (Lipinski definition) is 3. The summed E-state index contributed by atoms with van der Waals surface area (Å²) in [4.78, 5) is 14.0. The van der Waals surface area contributed by atoms with Gasteiger partial charge in [0, 0.05) is 6.61 Å². The molecule has 0 aliphatic carbocycles. The Morgan fingerprint density at radius 3 is 2.33 bits per heavy atom. The summed E-state index contributed by atoms with van der Waals surface area (Å²) in [6, 6.07) is 9.91. The summed E-state index contributed by atoms with van der Waals surface area (Å²) >= 11 is 0. The average molecular weight is 293 g/mol. The van der Waals surface area contributed by atoms with E-state index < -0.39 is 0 Å². The molecule has 4 heteroatoms. The lowest BCUT2D eigenvalue weighted by atomic mass is 10.1. The molecule has 0 aliphatic heterocycles. The molecule has 4 nitrogen and oxygen atoms in total. The molecule has 0 spiro atoms. The van der Waals surface area contributed by atoms with E-state index in [9.17, 15) is 4.79 Å². The van der Waals surface area contributed by atoms with Crippen LogP contribution >= 0.6 is 0 Å². The minimum Gasteiger partial charge on any atom is -0.450 e. The molecule has 1 amide bonds. The minimum atomic E-state index is -0.319. The predicted octanol–water partition coefficient (Wildman–Crippen LogP) is 4.05. The van der Waals surface area contributed by atoms with Gasteiger partial charge in [-0.15, -0.1) is 0 Å². The fourth-order valence-electron chi connectivity index (χ4n) is 2.15. The van der Waals surface area contributed by atoms with Crippen LogP contribution in [0.15, 0.2) is 30.3 Å². The van der Waals surface area contributed by atoms with E-state index in [2.05, 4.69) is 13.8 Å². The highest BCUT2D eigenvalue weighted by atomic mass is 16.6. The van der Waals surface area contributed by atoms with Crippen molar-refractivity contribution in [2.45, 2.75) is 46.9 Å². The molecular formula is C17H27NO3. The second-order valence-electron chi connectivity index (χ2n) is 5.35. The normalized spacial score (nSPS) is 12.2. The molecule has 0 radical (unpaired) electrons. The van der Waals surface area contributed by atoms with Crippen molar-refractivity contribution in [3.8, 4) is 0 Å². The van der Waals surface area contributed by atoms with Crippen molar-refractivity contribution in [1.29, 1.82) is 0 Å². The first-order valence-electron chi connectivity index (χ1n) is 7.67. The van der Waals surface area contributed by atoms with Gasteiger partial charge in [-0.05, 0) is 31.7 Å². The number of carbonyl (C=O) groups excluding carboxylic acids is 1. The van der Waals surface area contributed by atoms with Crippen LogP contribution in [-0.4, -0.2) is 30.4 Å². The van der Waals surface area contributed by atoms with Gasteiger partial charge in [-0.25, -0.2) is 4.79 Å². The molecule has 1 aromatic rings. The van der Waals surface area contributed by atoms with Crippen molar-refractivity contribution < 1.29 is 14.3 Å². The molecule has 0 saturated carbocycles. The standard InChI is InChI=1S/C17H27NO3/c1-5-20-16(12-14(3)4)18(17(19)21-6-2)13-15-10-8-7-9-11-15/h7-11,14,16H,5-6,12-13H2,1-4H3. The molecule has 21 heavy (non-hydrogen) atoms. The van der Waals surface area contributed by atoms with E-state index in [1.54, 1.807) is 4.90 Å². The lowest BCUT2D eigenvalue weighted by Gasteiger charge is -2.31. The van der Waals surface area contributed by atoms with E-state index in [4.69, 9.17) is 9.47 Å². The fourth-order valence-corrected chi connectivity index (χ4v) is 2.15. The molecule has 1 atom stereocenters. The fraction of sp³-hybridized carbons (Fsp3) is 0.588. The maximum absolute atomic E-state index is 12.3. The third-order valence-corrected chi connectivity index (χ3v) is 3.08.